The molecule has 1 atom stereocenters. The molecular formula is C13H23N3O. The quantitative estimate of drug-likeness (QED) is 0.808. The van der Waals surface area contributed by atoms with Gasteiger partial charge in [0, 0.05) is 5.69 Å². The van der Waals surface area contributed by atoms with Crippen molar-refractivity contribution in [3.05, 3.63) is 17.0 Å². The van der Waals surface area contributed by atoms with Crippen LogP contribution in [0.1, 0.15) is 36.7 Å². The summed E-state index contributed by atoms with van der Waals surface area (Å²) < 4.78 is 1.97. The van der Waals surface area contributed by atoms with Gasteiger partial charge in [0.25, 0.3) is 0 Å². The van der Waals surface area contributed by atoms with Crippen LogP contribution in [0.15, 0.2) is 0 Å². The molecule has 1 unspecified atom stereocenters. The predicted molar refractivity (Wildman–Crippen MR) is 67.8 cm³/mol. The van der Waals surface area contributed by atoms with Gasteiger partial charge in [-0.3, -0.25) is 4.68 Å². The largest absolute Gasteiger partial charge is 0.394 e. The molecule has 96 valence electrons. The van der Waals surface area contributed by atoms with E-state index in [1.807, 2.05) is 11.6 Å². The minimum absolute atomic E-state index is 0.0392. The molecule has 0 spiro atoms. The number of hydrogen-bond donors (Lipinski definition) is 2. The van der Waals surface area contributed by atoms with Gasteiger partial charge in [-0.2, -0.15) is 5.10 Å². The first-order valence-corrected chi connectivity index (χ1v) is 6.44. The zero-order valence-corrected chi connectivity index (χ0v) is 11.0. The predicted octanol–water partition coefficient (Wildman–Crippen LogP) is 1.16. The fourth-order valence-electron chi connectivity index (χ4n) is 2.64. The Kier molecular flexibility index (Phi) is 3.27. The molecule has 0 bridgehead atoms. The Morgan fingerprint density at radius 2 is 2.12 bits per heavy atom. The van der Waals surface area contributed by atoms with Crippen molar-refractivity contribution >= 4 is 0 Å². The number of hydrogen-bond acceptors (Lipinski definition) is 3. The van der Waals surface area contributed by atoms with Crippen LogP contribution >= 0.6 is 0 Å². The van der Waals surface area contributed by atoms with E-state index in [0.717, 1.165) is 25.0 Å². The standard InChI is InChI=1S/C13H23N3O/c1-4-12-9(2)15-16(10(12)3)7-13(14,8-17)11-5-6-11/h11,17H,4-8,14H2,1-3H3. The monoisotopic (exact) mass is 237 g/mol. The van der Waals surface area contributed by atoms with Crippen LogP contribution in [0.25, 0.3) is 0 Å². The van der Waals surface area contributed by atoms with Crippen molar-refractivity contribution in [3.8, 4) is 0 Å². The van der Waals surface area contributed by atoms with E-state index in [9.17, 15) is 5.11 Å². The third-order valence-electron chi connectivity index (χ3n) is 4.01. The highest BCUT2D eigenvalue weighted by Gasteiger charge is 2.42. The van der Waals surface area contributed by atoms with Crippen molar-refractivity contribution in [1.29, 1.82) is 0 Å². The lowest BCUT2D eigenvalue weighted by Gasteiger charge is -2.27. The van der Waals surface area contributed by atoms with E-state index in [1.54, 1.807) is 0 Å². The molecule has 4 nitrogen and oxygen atoms in total. The SMILES string of the molecule is CCc1c(C)nn(CC(N)(CO)C2CC2)c1C. The average Bonchev–Trinajstić information content (AvgIpc) is 3.09. The third-order valence-corrected chi connectivity index (χ3v) is 4.01. The Morgan fingerprint density at radius 1 is 1.47 bits per heavy atom. The van der Waals surface area contributed by atoms with E-state index in [2.05, 4.69) is 18.9 Å². The lowest BCUT2D eigenvalue weighted by molar-refractivity contribution is 0.154. The normalized spacial score (nSPS) is 19.4. The topological polar surface area (TPSA) is 64.1 Å². The highest BCUT2D eigenvalue weighted by Crippen LogP contribution is 2.39. The van der Waals surface area contributed by atoms with Crippen LogP contribution in [0.5, 0.6) is 0 Å². The van der Waals surface area contributed by atoms with Crippen molar-refractivity contribution in [3.63, 3.8) is 0 Å². The summed E-state index contributed by atoms with van der Waals surface area (Å²) in [6.45, 7) is 6.93. The Hall–Kier alpha value is -0.870. The average molecular weight is 237 g/mol. The van der Waals surface area contributed by atoms with Crippen LogP contribution in [0, 0.1) is 19.8 Å². The maximum atomic E-state index is 9.52. The maximum absolute atomic E-state index is 9.52. The Bertz CT molecular complexity index is 409. The van der Waals surface area contributed by atoms with Crippen LogP contribution in [0.4, 0.5) is 0 Å². The van der Waals surface area contributed by atoms with Gasteiger partial charge in [-0.05, 0) is 44.6 Å². The van der Waals surface area contributed by atoms with Gasteiger partial charge in [0.15, 0.2) is 0 Å². The number of aliphatic hydroxyl groups excluding tert-OH is 1. The fourth-order valence-corrected chi connectivity index (χ4v) is 2.64. The molecule has 17 heavy (non-hydrogen) atoms. The highest BCUT2D eigenvalue weighted by molar-refractivity contribution is 5.24. The molecule has 4 heteroatoms. The maximum Gasteiger partial charge on any atom is 0.0632 e. The molecule has 0 saturated heterocycles. The van der Waals surface area contributed by atoms with Crippen molar-refractivity contribution < 1.29 is 5.11 Å². The summed E-state index contributed by atoms with van der Waals surface area (Å²) in [5.41, 5.74) is 9.38. The highest BCUT2D eigenvalue weighted by atomic mass is 16.3. The Balaban J connectivity index is 2.23. The molecule has 3 N–H and O–H groups in total. The summed E-state index contributed by atoms with van der Waals surface area (Å²) in [5.74, 6) is 0.460. The van der Waals surface area contributed by atoms with Gasteiger partial charge < -0.3 is 10.8 Å². The second kappa shape index (κ2) is 4.42. The van der Waals surface area contributed by atoms with Gasteiger partial charge in [0.2, 0.25) is 0 Å². The lowest BCUT2D eigenvalue weighted by atomic mass is 9.95. The van der Waals surface area contributed by atoms with E-state index < -0.39 is 5.54 Å². The van der Waals surface area contributed by atoms with Gasteiger partial charge in [0.05, 0.1) is 24.4 Å². The first-order valence-electron chi connectivity index (χ1n) is 6.44. The Labute approximate surface area is 103 Å². The number of aliphatic hydroxyl groups is 1. The third kappa shape index (κ3) is 2.24. The minimum atomic E-state index is -0.492. The van der Waals surface area contributed by atoms with Gasteiger partial charge in [-0.15, -0.1) is 0 Å². The number of aromatic nitrogens is 2. The second-order valence-electron chi connectivity index (χ2n) is 5.33. The summed E-state index contributed by atoms with van der Waals surface area (Å²) in [6, 6.07) is 0. The zero-order chi connectivity index (χ0) is 12.6. The summed E-state index contributed by atoms with van der Waals surface area (Å²) >= 11 is 0. The van der Waals surface area contributed by atoms with Crippen LogP contribution in [-0.4, -0.2) is 27.0 Å². The van der Waals surface area contributed by atoms with E-state index in [1.165, 1.54) is 11.3 Å². The molecule has 1 aliphatic rings. The van der Waals surface area contributed by atoms with E-state index in [0.29, 0.717) is 12.5 Å². The Morgan fingerprint density at radius 3 is 2.53 bits per heavy atom. The summed E-state index contributed by atoms with van der Waals surface area (Å²) in [7, 11) is 0. The molecule has 2 rings (SSSR count). The van der Waals surface area contributed by atoms with Gasteiger partial charge in [0.1, 0.15) is 0 Å². The molecule has 1 aromatic rings. The molecule has 0 amide bonds. The summed E-state index contributed by atoms with van der Waals surface area (Å²) in [6.07, 6.45) is 3.27. The molecule has 1 saturated carbocycles. The van der Waals surface area contributed by atoms with Crippen molar-refractivity contribution in [2.45, 2.75) is 52.1 Å². The molecular weight excluding hydrogens is 214 g/mol. The van der Waals surface area contributed by atoms with Crippen LogP contribution < -0.4 is 5.73 Å². The van der Waals surface area contributed by atoms with Crippen LogP contribution in [0.2, 0.25) is 0 Å². The fraction of sp³-hybridized carbons (Fsp3) is 0.769. The molecule has 1 fully saturated rings. The zero-order valence-electron chi connectivity index (χ0n) is 11.0. The van der Waals surface area contributed by atoms with Crippen molar-refractivity contribution in [1.82, 2.24) is 9.78 Å². The smallest absolute Gasteiger partial charge is 0.0632 e. The molecule has 0 aliphatic heterocycles. The first kappa shape index (κ1) is 12.6. The van der Waals surface area contributed by atoms with Gasteiger partial charge in [-0.1, -0.05) is 6.92 Å². The minimum Gasteiger partial charge on any atom is -0.394 e. The van der Waals surface area contributed by atoms with E-state index in [-0.39, 0.29) is 6.61 Å². The lowest BCUT2D eigenvalue weighted by Crippen LogP contribution is -2.50. The summed E-state index contributed by atoms with van der Waals surface area (Å²) in [5, 5.41) is 14.1. The van der Waals surface area contributed by atoms with Gasteiger partial charge in [-0.25, -0.2) is 0 Å². The molecule has 1 aromatic heterocycles. The first-order chi connectivity index (χ1) is 8.01. The van der Waals surface area contributed by atoms with E-state index in [4.69, 9.17) is 5.73 Å². The number of aryl methyl sites for hydroxylation is 1. The van der Waals surface area contributed by atoms with Gasteiger partial charge >= 0.3 is 0 Å². The van der Waals surface area contributed by atoms with Crippen molar-refractivity contribution in [2.24, 2.45) is 11.7 Å². The molecule has 1 aliphatic carbocycles. The van der Waals surface area contributed by atoms with Crippen molar-refractivity contribution in [2.75, 3.05) is 6.61 Å². The number of nitrogens with zero attached hydrogens (tertiary/aromatic N) is 2. The van der Waals surface area contributed by atoms with Crippen LogP contribution in [0.3, 0.4) is 0 Å². The number of rotatable bonds is 5. The molecule has 1 heterocycles. The molecule has 0 radical (unpaired) electrons. The van der Waals surface area contributed by atoms with E-state index >= 15 is 0 Å². The van der Waals surface area contributed by atoms with Crippen LogP contribution in [-0.2, 0) is 13.0 Å². The summed E-state index contributed by atoms with van der Waals surface area (Å²) in [4.78, 5) is 0. The number of nitrogens with two attached hydrogens (primary N) is 1. The second-order valence-corrected chi connectivity index (χ2v) is 5.33. The molecule has 0 aromatic carbocycles.